The van der Waals surface area contributed by atoms with Crippen LogP contribution in [0.5, 0.6) is 5.75 Å². The molecule has 1 aliphatic rings. The Hall–Kier alpha value is -2.31. The molecule has 2 amide bonds. The average molecular weight is 394 g/mol. The number of rotatable bonds is 5. The fourth-order valence-electron chi connectivity index (χ4n) is 3.06. The average Bonchev–Trinajstić information content (AvgIpc) is 2.60. The Morgan fingerprint density at radius 3 is 2.32 bits per heavy atom. The van der Waals surface area contributed by atoms with Crippen molar-refractivity contribution in [2.75, 3.05) is 13.1 Å². The van der Waals surface area contributed by atoms with E-state index in [2.05, 4.69) is 5.32 Å². The molecule has 0 radical (unpaired) electrons. The highest BCUT2D eigenvalue weighted by molar-refractivity contribution is 5.86. The van der Waals surface area contributed by atoms with Gasteiger partial charge in [-0.05, 0) is 38.8 Å². The molecule has 28 heavy (non-hydrogen) atoms. The predicted molar refractivity (Wildman–Crippen MR) is 105 cm³/mol. The Morgan fingerprint density at radius 1 is 1.18 bits per heavy atom. The van der Waals surface area contributed by atoms with E-state index in [0.717, 1.165) is 0 Å². The molecular weight excluding hydrogens is 363 g/mol. The van der Waals surface area contributed by atoms with Crippen LogP contribution in [0, 0.1) is 11.7 Å². The molecule has 2 rings (SSSR count). The molecule has 1 N–H and O–H groups in total. The van der Waals surface area contributed by atoms with Crippen molar-refractivity contribution in [3.63, 3.8) is 0 Å². The number of ether oxygens (including phenoxy) is 2. The van der Waals surface area contributed by atoms with Crippen molar-refractivity contribution in [2.24, 2.45) is 5.92 Å². The summed E-state index contributed by atoms with van der Waals surface area (Å²) < 4.78 is 24.8. The Labute approximate surface area is 166 Å². The minimum Gasteiger partial charge on any atom is -0.487 e. The Bertz CT molecular complexity index is 679. The first kappa shape index (κ1) is 22.0. The van der Waals surface area contributed by atoms with E-state index >= 15 is 0 Å². The Morgan fingerprint density at radius 2 is 1.79 bits per heavy atom. The number of likely N-dealkylation sites (tertiary alicyclic amines) is 1. The van der Waals surface area contributed by atoms with Gasteiger partial charge in [0.25, 0.3) is 0 Å². The number of hydrogen-bond acceptors (Lipinski definition) is 4. The fourth-order valence-corrected chi connectivity index (χ4v) is 3.06. The van der Waals surface area contributed by atoms with E-state index in [1.54, 1.807) is 43.9 Å². The highest BCUT2D eigenvalue weighted by Gasteiger charge is 2.33. The molecule has 1 saturated heterocycles. The second-order valence-corrected chi connectivity index (χ2v) is 8.44. The molecule has 1 atom stereocenters. The third kappa shape index (κ3) is 6.39. The van der Waals surface area contributed by atoms with Crippen LogP contribution in [0.1, 0.15) is 47.5 Å². The number of carbonyl (C=O) groups is 2. The monoisotopic (exact) mass is 394 g/mol. The first-order chi connectivity index (χ1) is 13.1. The van der Waals surface area contributed by atoms with Crippen LogP contribution in [0.4, 0.5) is 9.18 Å². The molecule has 1 aromatic carbocycles. The summed E-state index contributed by atoms with van der Waals surface area (Å²) in [5.41, 5.74) is -0.628. The normalized spacial score (nSPS) is 16.6. The van der Waals surface area contributed by atoms with Crippen molar-refractivity contribution in [1.29, 1.82) is 0 Å². The minimum absolute atomic E-state index is 0.0765. The molecule has 0 spiro atoms. The summed E-state index contributed by atoms with van der Waals surface area (Å²) in [4.78, 5) is 26.7. The smallest absolute Gasteiger partial charge is 0.408 e. The minimum atomic E-state index is -0.654. The van der Waals surface area contributed by atoms with Crippen LogP contribution in [0.15, 0.2) is 24.3 Å². The molecule has 1 fully saturated rings. The first-order valence-electron chi connectivity index (χ1n) is 9.76. The number of nitrogens with zero attached hydrogens (tertiary/aromatic N) is 1. The molecule has 156 valence electrons. The SMILES string of the molecule is CC(C)[C@H](NC(=O)OC(C)(C)C)C(=O)N1CCC(Oc2ccccc2F)CC1. The molecule has 0 aromatic heterocycles. The molecule has 0 aliphatic carbocycles. The second kappa shape index (κ2) is 9.26. The molecule has 0 unspecified atom stereocenters. The number of halogens is 1. The van der Waals surface area contributed by atoms with Crippen LogP contribution >= 0.6 is 0 Å². The lowest BCUT2D eigenvalue weighted by Crippen LogP contribution is -2.54. The molecule has 7 heteroatoms. The maximum Gasteiger partial charge on any atom is 0.408 e. The number of para-hydroxylation sites is 1. The molecule has 1 aliphatic heterocycles. The number of hydrogen-bond donors (Lipinski definition) is 1. The van der Waals surface area contributed by atoms with Gasteiger partial charge in [0, 0.05) is 25.9 Å². The van der Waals surface area contributed by atoms with Crippen LogP contribution in [-0.2, 0) is 9.53 Å². The summed E-state index contributed by atoms with van der Waals surface area (Å²) in [6, 6.07) is 5.66. The van der Waals surface area contributed by atoms with Gasteiger partial charge in [-0.25, -0.2) is 9.18 Å². The van der Waals surface area contributed by atoms with Gasteiger partial charge >= 0.3 is 6.09 Å². The maximum atomic E-state index is 13.7. The van der Waals surface area contributed by atoms with E-state index in [4.69, 9.17) is 9.47 Å². The van der Waals surface area contributed by atoms with Crippen molar-refractivity contribution in [1.82, 2.24) is 10.2 Å². The van der Waals surface area contributed by atoms with Crippen molar-refractivity contribution in [2.45, 2.75) is 65.2 Å². The van der Waals surface area contributed by atoms with Gasteiger partial charge in [0.05, 0.1) is 0 Å². The number of carbonyl (C=O) groups excluding carboxylic acids is 2. The number of amides is 2. The van der Waals surface area contributed by atoms with E-state index in [-0.39, 0.29) is 29.5 Å². The summed E-state index contributed by atoms with van der Waals surface area (Å²) in [6.07, 6.45) is 0.476. The highest BCUT2D eigenvalue weighted by atomic mass is 19.1. The third-order valence-corrected chi connectivity index (χ3v) is 4.49. The Kier molecular flexibility index (Phi) is 7.27. The van der Waals surface area contributed by atoms with Gasteiger partial charge in [0.15, 0.2) is 11.6 Å². The summed E-state index contributed by atoms with van der Waals surface area (Å²) in [5.74, 6) is -0.362. The van der Waals surface area contributed by atoms with Crippen LogP contribution < -0.4 is 10.1 Å². The van der Waals surface area contributed by atoms with Crippen LogP contribution in [0.3, 0.4) is 0 Å². The van der Waals surface area contributed by atoms with E-state index in [9.17, 15) is 14.0 Å². The summed E-state index contributed by atoms with van der Waals surface area (Å²) in [7, 11) is 0. The van der Waals surface area contributed by atoms with E-state index in [1.165, 1.54) is 6.07 Å². The van der Waals surface area contributed by atoms with Crippen LogP contribution in [0.2, 0.25) is 0 Å². The third-order valence-electron chi connectivity index (χ3n) is 4.49. The highest BCUT2D eigenvalue weighted by Crippen LogP contribution is 2.22. The lowest BCUT2D eigenvalue weighted by atomic mass is 10.0. The van der Waals surface area contributed by atoms with Crippen molar-refractivity contribution < 1.29 is 23.5 Å². The zero-order valence-corrected chi connectivity index (χ0v) is 17.3. The maximum absolute atomic E-state index is 13.7. The zero-order valence-electron chi connectivity index (χ0n) is 17.3. The van der Waals surface area contributed by atoms with E-state index < -0.39 is 17.7 Å². The number of piperidine rings is 1. The fraction of sp³-hybridized carbons (Fsp3) is 0.619. The zero-order chi connectivity index (χ0) is 20.9. The van der Waals surface area contributed by atoms with Crippen molar-refractivity contribution in [3.8, 4) is 5.75 Å². The van der Waals surface area contributed by atoms with Crippen LogP contribution in [0.25, 0.3) is 0 Å². The molecule has 1 heterocycles. The van der Waals surface area contributed by atoms with Gasteiger partial charge in [-0.1, -0.05) is 26.0 Å². The van der Waals surface area contributed by atoms with Gasteiger partial charge in [-0.3, -0.25) is 4.79 Å². The van der Waals surface area contributed by atoms with Gasteiger partial charge in [0.1, 0.15) is 17.7 Å². The van der Waals surface area contributed by atoms with E-state index in [1.807, 2.05) is 13.8 Å². The first-order valence-corrected chi connectivity index (χ1v) is 9.76. The van der Waals surface area contributed by atoms with Gasteiger partial charge < -0.3 is 19.7 Å². The van der Waals surface area contributed by atoms with E-state index in [0.29, 0.717) is 25.9 Å². The van der Waals surface area contributed by atoms with Gasteiger partial charge in [0.2, 0.25) is 5.91 Å². The molecule has 0 bridgehead atoms. The standard InChI is InChI=1S/C21H31FN2O4/c1-14(2)18(23-20(26)28-21(3,4)5)19(25)24-12-10-15(11-13-24)27-17-9-7-6-8-16(17)22/h6-9,14-15,18H,10-13H2,1-5H3,(H,23,26)/t18-/m0/s1. The number of benzene rings is 1. The second-order valence-electron chi connectivity index (χ2n) is 8.44. The number of alkyl carbamates (subject to hydrolysis) is 1. The predicted octanol–water partition coefficient (Wildman–Crippen LogP) is 3.74. The Balaban J connectivity index is 1.91. The van der Waals surface area contributed by atoms with Crippen molar-refractivity contribution >= 4 is 12.0 Å². The molecule has 1 aromatic rings. The van der Waals surface area contributed by atoms with Gasteiger partial charge in [-0.15, -0.1) is 0 Å². The molecule has 0 saturated carbocycles. The number of nitrogens with one attached hydrogen (secondary N) is 1. The summed E-state index contributed by atoms with van der Waals surface area (Å²) in [5, 5.41) is 2.70. The lowest BCUT2D eigenvalue weighted by molar-refractivity contribution is -0.136. The van der Waals surface area contributed by atoms with Gasteiger partial charge in [-0.2, -0.15) is 0 Å². The quantitative estimate of drug-likeness (QED) is 0.826. The summed E-state index contributed by atoms with van der Waals surface area (Å²) >= 11 is 0. The molecule has 6 nitrogen and oxygen atoms in total. The largest absolute Gasteiger partial charge is 0.487 e. The topological polar surface area (TPSA) is 67.9 Å². The van der Waals surface area contributed by atoms with Crippen LogP contribution in [-0.4, -0.2) is 47.7 Å². The molecular formula is C21H31FN2O4. The summed E-state index contributed by atoms with van der Waals surface area (Å²) in [6.45, 7) is 10.1. The van der Waals surface area contributed by atoms with Crippen molar-refractivity contribution in [3.05, 3.63) is 30.1 Å². The lowest BCUT2D eigenvalue weighted by Gasteiger charge is -2.35.